The Bertz CT molecular complexity index is 512. The van der Waals surface area contributed by atoms with Gasteiger partial charge in [0, 0.05) is 30.4 Å². The van der Waals surface area contributed by atoms with Crippen LogP contribution in [0.15, 0.2) is 18.2 Å². The summed E-state index contributed by atoms with van der Waals surface area (Å²) >= 11 is 5.79. The molecule has 0 atom stereocenters. The summed E-state index contributed by atoms with van der Waals surface area (Å²) in [5.74, 6) is 0.529. The molecule has 0 bridgehead atoms. The van der Waals surface area contributed by atoms with Gasteiger partial charge >= 0.3 is 0 Å². The van der Waals surface area contributed by atoms with Crippen LogP contribution in [0.2, 0.25) is 0 Å². The van der Waals surface area contributed by atoms with E-state index in [4.69, 9.17) is 16.9 Å². The number of hydrogen-bond acceptors (Lipinski definition) is 4. The highest BCUT2D eigenvalue weighted by molar-refractivity contribution is 6.17. The molecule has 0 aliphatic carbocycles. The van der Waals surface area contributed by atoms with Crippen LogP contribution < -0.4 is 4.90 Å². The van der Waals surface area contributed by atoms with Gasteiger partial charge in [0.2, 0.25) is 0 Å². The van der Waals surface area contributed by atoms with E-state index in [0.29, 0.717) is 24.4 Å². The minimum absolute atomic E-state index is 0.0357. The molecule has 6 heteroatoms. The second kappa shape index (κ2) is 7.71. The van der Waals surface area contributed by atoms with Crippen molar-refractivity contribution in [3.05, 3.63) is 33.9 Å². The monoisotopic (exact) mass is 295 g/mol. The van der Waals surface area contributed by atoms with E-state index in [1.165, 1.54) is 6.07 Å². The van der Waals surface area contributed by atoms with Crippen LogP contribution in [0.5, 0.6) is 0 Å². The second-order valence-electron chi connectivity index (χ2n) is 4.95. The molecule has 1 aromatic carbocycles. The lowest BCUT2D eigenvalue weighted by molar-refractivity contribution is -0.385. The topological polar surface area (TPSA) is 70.2 Å². The van der Waals surface area contributed by atoms with Gasteiger partial charge in [-0.2, -0.15) is 5.26 Å². The third-order valence-electron chi connectivity index (χ3n) is 2.85. The number of hydrogen-bond donors (Lipinski definition) is 0. The predicted octanol–water partition coefficient (Wildman–Crippen LogP) is 3.71. The molecule has 108 valence electrons. The fraction of sp³-hybridized carbons (Fsp3) is 0.500. The van der Waals surface area contributed by atoms with Crippen molar-refractivity contribution in [3.8, 4) is 6.07 Å². The summed E-state index contributed by atoms with van der Waals surface area (Å²) in [7, 11) is 0. The highest BCUT2D eigenvalue weighted by Gasteiger charge is 2.16. The molecular formula is C14H18ClN3O2. The van der Waals surface area contributed by atoms with E-state index in [1.807, 2.05) is 0 Å². The van der Waals surface area contributed by atoms with Crippen LogP contribution >= 0.6 is 11.6 Å². The van der Waals surface area contributed by atoms with Crippen molar-refractivity contribution in [2.24, 2.45) is 5.92 Å². The fourth-order valence-electron chi connectivity index (χ4n) is 2.01. The van der Waals surface area contributed by atoms with Crippen LogP contribution in [0, 0.1) is 27.4 Å². The van der Waals surface area contributed by atoms with E-state index >= 15 is 0 Å². The van der Waals surface area contributed by atoms with Crippen LogP contribution in [0.3, 0.4) is 0 Å². The first-order valence-electron chi connectivity index (χ1n) is 6.44. The summed E-state index contributed by atoms with van der Waals surface area (Å²) < 4.78 is 0. The molecule has 1 rings (SSSR count). The van der Waals surface area contributed by atoms with Crippen molar-refractivity contribution in [2.45, 2.75) is 26.1 Å². The van der Waals surface area contributed by atoms with E-state index in [1.54, 1.807) is 12.1 Å². The first kappa shape index (κ1) is 16.3. The summed E-state index contributed by atoms with van der Waals surface area (Å²) in [5, 5.41) is 19.6. The molecule has 0 unspecified atom stereocenters. The zero-order chi connectivity index (χ0) is 15.1. The smallest absolute Gasteiger partial charge is 0.273 e. The molecule has 0 aliphatic heterocycles. The van der Waals surface area contributed by atoms with Crippen molar-refractivity contribution in [3.63, 3.8) is 0 Å². The maximum Gasteiger partial charge on any atom is 0.273 e. The zero-order valence-electron chi connectivity index (χ0n) is 11.7. The average Bonchev–Trinajstić information content (AvgIpc) is 2.42. The lowest BCUT2D eigenvalue weighted by Crippen LogP contribution is -2.28. The van der Waals surface area contributed by atoms with Crippen LogP contribution in [-0.2, 0) is 5.88 Å². The molecule has 0 amide bonds. The van der Waals surface area contributed by atoms with Gasteiger partial charge in [-0.3, -0.25) is 10.1 Å². The molecule has 1 aromatic rings. The maximum atomic E-state index is 10.9. The van der Waals surface area contributed by atoms with Gasteiger partial charge in [0.15, 0.2) is 0 Å². The van der Waals surface area contributed by atoms with E-state index < -0.39 is 4.92 Å². The van der Waals surface area contributed by atoms with Crippen molar-refractivity contribution >= 4 is 23.0 Å². The normalized spacial score (nSPS) is 10.3. The predicted molar refractivity (Wildman–Crippen MR) is 79.9 cm³/mol. The lowest BCUT2D eigenvalue weighted by Gasteiger charge is -2.26. The van der Waals surface area contributed by atoms with Gasteiger partial charge in [0.25, 0.3) is 5.69 Å². The quantitative estimate of drug-likeness (QED) is 0.437. The summed E-state index contributed by atoms with van der Waals surface area (Å²) in [4.78, 5) is 12.5. The minimum Gasteiger partial charge on any atom is -0.370 e. The number of anilines is 1. The number of nitro groups is 1. The first-order chi connectivity index (χ1) is 9.49. The highest BCUT2D eigenvalue weighted by Crippen LogP contribution is 2.27. The lowest BCUT2D eigenvalue weighted by atomic mass is 10.1. The Hall–Kier alpha value is -1.80. The van der Waals surface area contributed by atoms with Crippen LogP contribution in [-0.4, -0.2) is 18.0 Å². The van der Waals surface area contributed by atoms with Gasteiger partial charge in [0.1, 0.15) is 0 Å². The third-order valence-corrected chi connectivity index (χ3v) is 3.14. The molecule has 0 saturated heterocycles. The van der Waals surface area contributed by atoms with Crippen molar-refractivity contribution < 1.29 is 4.92 Å². The molecule has 20 heavy (non-hydrogen) atoms. The summed E-state index contributed by atoms with van der Waals surface area (Å²) in [6.45, 7) is 5.58. The Labute approximate surface area is 123 Å². The fourth-order valence-corrected chi connectivity index (χ4v) is 2.22. The van der Waals surface area contributed by atoms with Gasteiger partial charge in [-0.1, -0.05) is 13.8 Å². The van der Waals surface area contributed by atoms with Gasteiger partial charge in [0.05, 0.1) is 23.3 Å². The van der Waals surface area contributed by atoms with Crippen molar-refractivity contribution in [2.75, 3.05) is 18.0 Å². The first-order valence-corrected chi connectivity index (χ1v) is 6.98. The van der Waals surface area contributed by atoms with E-state index in [0.717, 1.165) is 12.2 Å². The Morgan fingerprint density at radius 3 is 2.70 bits per heavy atom. The van der Waals surface area contributed by atoms with Gasteiger partial charge in [-0.25, -0.2) is 0 Å². The van der Waals surface area contributed by atoms with Crippen LogP contribution in [0.4, 0.5) is 11.4 Å². The largest absolute Gasteiger partial charge is 0.370 e. The molecule has 0 aromatic heterocycles. The second-order valence-corrected chi connectivity index (χ2v) is 5.22. The van der Waals surface area contributed by atoms with Gasteiger partial charge < -0.3 is 4.90 Å². The number of nitro benzene ring substituents is 1. The van der Waals surface area contributed by atoms with Crippen molar-refractivity contribution in [1.29, 1.82) is 5.26 Å². The third kappa shape index (κ3) is 4.39. The van der Waals surface area contributed by atoms with E-state index in [2.05, 4.69) is 24.8 Å². The number of rotatable bonds is 7. The van der Waals surface area contributed by atoms with Crippen LogP contribution in [0.1, 0.15) is 25.8 Å². The molecule has 0 spiro atoms. The molecular weight excluding hydrogens is 278 g/mol. The van der Waals surface area contributed by atoms with Gasteiger partial charge in [-0.15, -0.1) is 11.6 Å². The Morgan fingerprint density at radius 1 is 1.50 bits per heavy atom. The maximum absolute atomic E-state index is 10.9. The summed E-state index contributed by atoms with van der Waals surface area (Å²) in [5.41, 5.74) is 1.41. The van der Waals surface area contributed by atoms with Crippen LogP contribution in [0.25, 0.3) is 0 Å². The molecule has 0 aliphatic rings. The van der Waals surface area contributed by atoms with E-state index in [-0.39, 0.29) is 11.6 Å². The number of nitrogens with zero attached hydrogens (tertiary/aromatic N) is 3. The molecule has 0 N–H and O–H groups in total. The van der Waals surface area contributed by atoms with Crippen molar-refractivity contribution in [1.82, 2.24) is 0 Å². The average molecular weight is 296 g/mol. The number of halogens is 1. The van der Waals surface area contributed by atoms with E-state index in [9.17, 15) is 10.1 Å². The number of alkyl halides is 1. The molecule has 0 fully saturated rings. The van der Waals surface area contributed by atoms with Gasteiger partial charge in [-0.05, 0) is 18.1 Å². The Kier molecular flexibility index (Phi) is 6.26. The Balaban J connectivity index is 3.07. The molecule has 0 saturated carbocycles. The zero-order valence-corrected chi connectivity index (χ0v) is 12.4. The standard InChI is InChI=1S/C14H18ClN3O2/c1-11(2)10-17(7-3-6-16)13-4-5-14(18(19)20)12(8-13)9-15/h4-5,8,11H,3,7,9-10H2,1-2H3. The summed E-state index contributed by atoms with van der Waals surface area (Å²) in [6, 6.07) is 7.06. The molecule has 0 heterocycles. The SMILES string of the molecule is CC(C)CN(CCC#N)c1ccc([N+](=O)[O-])c(CCl)c1. The number of nitriles is 1. The Morgan fingerprint density at radius 2 is 2.20 bits per heavy atom. The minimum atomic E-state index is -0.427. The summed E-state index contributed by atoms with van der Waals surface area (Å²) in [6.07, 6.45) is 0.417. The number of benzene rings is 1. The highest BCUT2D eigenvalue weighted by atomic mass is 35.5. The molecule has 0 radical (unpaired) electrons. The molecule has 5 nitrogen and oxygen atoms in total.